The average molecular weight is 409 g/mol. The highest BCUT2D eigenvalue weighted by Gasteiger charge is 2.33. The van der Waals surface area contributed by atoms with Gasteiger partial charge in [-0.2, -0.15) is 0 Å². The lowest BCUT2D eigenvalue weighted by Gasteiger charge is -2.32. The normalized spacial score (nSPS) is 17.4. The molecular formula is C13H21Cl3NO5P. The van der Waals surface area contributed by atoms with E-state index in [-0.39, 0.29) is 19.4 Å². The maximum absolute atomic E-state index is 12.7. The Morgan fingerprint density at radius 1 is 1.22 bits per heavy atom. The third-order valence-corrected chi connectivity index (χ3v) is 5.57. The Balaban J connectivity index is 3.05. The van der Waals surface area contributed by atoms with Gasteiger partial charge >= 0.3 is 7.60 Å². The van der Waals surface area contributed by atoms with Crippen molar-refractivity contribution >= 4 is 48.2 Å². The molecule has 0 saturated carbocycles. The zero-order valence-corrected chi connectivity index (χ0v) is 16.3. The number of carbonyl (C=O) groups excluding carboxylic acids is 1. The highest BCUT2D eigenvalue weighted by atomic mass is 35.6. The Bertz CT molecular complexity index is 465. The average Bonchev–Trinajstić information content (AvgIpc) is 2.47. The highest BCUT2D eigenvalue weighted by Crippen LogP contribution is 2.50. The molecule has 0 amide bonds. The first-order chi connectivity index (χ1) is 10.7. The van der Waals surface area contributed by atoms with Crippen molar-refractivity contribution in [2.75, 3.05) is 45.7 Å². The lowest BCUT2D eigenvalue weighted by atomic mass is 10.3. The minimum absolute atomic E-state index is 0.0683. The number of allylic oxidation sites excluding steroid dienone is 2. The van der Waals surface area contributed by atoms with Crippen LogP contribution in [0.2, 0.25) is 0 Å². The summed E-state index contributed by atoms with van der Waals surface area (Å²) in [7, 11) is -3.38. The van der Waals surface area contributed by atoms with E-state index in [2.05, 4.69) is 0 Å². The number of hydrogen-bond donors (Lipinski definition) is 0. The van der Waals surface area contributed by atoms with Gasteiger partial charge in [-0.25, -0.2) is 0 Å². The lowest BCUT2D eigenvalue weighted by Crippen LogP contribution is -2.37. The fraction of sp³-hybridized carbons (Fsp3) is 0.769. The largest absolute Gasteiger partial charge is 0.378 e. The second-order valence-electron chi connectivity index (χ2n) is 4.70. The molecular weight excluding hydrogens is 387 g/mol. The highest BCUT2D eigenvalue weighted by molar-refractivity contribution is 7.54. The quantitative estimate of drug-likeness (QED) is 0.348. The van der Waals surface area contributed by atoms with Crippen molar-refractivity contribution in [3.05, 3.63) is 11.8 Å². The van der Waals surface area contributed by atoms with Crippen molar-refractivity contribution in [3.8, 4) is 0 Å². The van der Waals surface area contributed by atoms with Gasteiger partial charge in [0.25, 0.3) is 3.79 Å². The Hall–Kier alpha value is 0.190. The Morgan fingerprint density at radius 2 is 1.74 bits per heavy atom. The molecule has 134 valence electrons. The van der Waals surface area contributed by atoms with E-state index in [4.69, 9.17) is 48.6 Å². The van der Waals surface area contributed by atoms with E-state index in [1.807, 2.05) is 4.90 Å². The number of nitrogens with zero attached hydrogens (tertiary/aromatic N) is 1. The lowest BCUT2D eigenvalue weighted by molar-refractivity contribution is -0.113. The van der Waals surface area contributed by atoms with Crippen LogP contribution in [-0.4, -0.2) is 60.2 Å². The van der Waals surface area contributed by atoms with Crippen molar-refractivity contribution < 1.29 is 23.1 Å². The van der Waals surface area contributed by atoms with Crippen molar-refractivity contribution in [3.63, 3.8) is 0 Å². The topological polar surface area (TPSA) is 65.1 Å². The van der Waals surface area contributed by atoms with Crippen LogP contribution in [0.4, 0.5) is 0 Å². The Labute approximate surface area is 151 Å². The number of alkyl halides is 3. The smallest absolute Gasteiger partial charge is 0.336 e. The van der Waals surface area contributed by atoms with Crippen LogP contribution in [0.25, 0.3) is 0 Å². The van der Waals surface area contributed by atoms with Gasteiger partial charge < -0.3 is 18.7 Å². The molecule has 0 aliphatic carbocycles. The molecule has 1 aliphatic heterocycles. The number of morpholine rings is 1. The van der Waals surface area contributed by atoms with Crippen molar-refractivity contribution in [1.82, 2.24) is 4.90 Å². The van der Waals surface area contributed by atoms with E-state index in [0.29, 0.717) is 32.0 Å². The van der Waals surface area contributed by atoms with Crippen LogP contribution in [-0.2, 0) is 23.1 Å². The summed E-state index contributed by atoms with van der Waals surface area (Å²) in [4.78, 5) is 13.9. The standard InChI is InChI=1S/C13H21Cl3NO5P/c1-3-21-23(19,22-4-2)10-11(9-12(18)13(14,15)16)17-5-7-20-8-6-17/h9H,3-8,10H2,1-2H3/b11-9-. The summed E-state index contributed by atoms with van der Waals surface area (Å²) in [5, 5.41) is 0. The van der Waals surface area contributed by atoms with E-state index in [0.717, 1.165) is 0 Å². The summed E-state index contributed by atoms with van der Waals surface area (Å²) in [6.07, 6.45) is 1.13. The molecule has 0 radical (unpaired) electrons. The van der Waals surface area contributed by atoms with E-state index < -0.39 is 17.2 Å². The van der Waals surface area contributed by atoms with Gasteiger partial charge in [-0.15, -0.1) is 0 Å². The molecule has 6 nitrogen and oxygen atoms in total. The first-order valence-electron chi connectivity index (χ1n) is 7.24. The molecule has 1 saturated heterocycles. The molecule has 1 aliphatic rings. The molecule has 0 atom stereocenters. The van der Waals surface area contributed by atoms with Crippen LogP contribution in [0.15, 0.2) is 11.8 Å². The van der Waals surface area contributed by atoms with Crippen LogP contribution in [0.3, 0.4) is 0 Å². The minimum Gasteiger partial charge on any atom is -0.378 e. The number of halogens is 3. The van der Waals surface area contributed by atoms with Gasteiger partial charge in [0, 0.05) is 24.9 Å². The van der Waals surface area contributed by atoms with Gasteiger partial charge in [0.15, 0.2) is 0 Å². The number of hydrogen-bond acceptors (Lipinski definition) is 6. The molecule has 1 heterocycles. The second kappa shape index (κ2) is 9.62. The zero-order valence-electron chi connectivity index (χ0n) is 13.1. The van der Waals surface area contributed by atoms with E-state index in [9.17, 15) is 9.36 Å². The molecule has 1 rings (SSSR count). The van der Waals surface area contributed by atoms with Crippen LogP contribution in [0, 0.1) is 0 Å². The van der Waals surface area contributed by atoms with Gasteiger partial charge in [0.2, 0.25) is 5.78 Å². The van der Waals surface area contributed by atoms with Gasteiger partial charge in [-0.05, 0) is 13.8 Å². The SMILES string of the molecule is CCOP(=O)(C/C(=C/C(=O)C(Cl)(Cl)Cl)N1CCOCC1)OCC. The summed E-state index contributed by atoms with van der Waals surface area (Å²) >= 11 is 16.9. The summed E-state index contributed by atoms with van der Waals surface area (Å²) in [5.41, 5.74) is 0.454. The molecule has 0 unspecified atom stereocenters. The molecule has 23 heavy (non-hydrogen) atoms. The molecule has 0 aromatic carbocycles. The maximum atomic E-state index is 12.7. The summed E-state index contributed by atoms with van der Waals surface area (Å²) in [6.45, 7) is 5.96. The molecule has 0 bridgehead atoms. The predicted molar refractivity (Wildman–Crippen MR) is 91.5 cm³/mol. The van der Waals surface area contributed by atoms with Crippen molar-refractivity contribution in [2.45, 2.75) is 17.6 Å². The fourth-order valence-corrected chi connectivity index (χ4v) is 3.94. The number of ether oxygens (including phenoxy) is 1. The number of carbonyl (C=O) groups is 1. The van der Waals surface area contributed by atoms with E-state index in [1.54, 1.807) is 13.8 Å². The van der Waals surface area contributed by atoms with Crippen LogP contribution in [0.5, 0.6) is 0 Å². The van der Waals surface area contributed by atoms with Gasteiger partial charge in [-0.1, -0.05) is 34.8 Å². The molecule has 0 aromatic heterocycles. The van der Waals surface area contributed by atoms with E-state index >= 15 is 0 Å². The molecule has 10 heteroatoms. The third-order valence-electron chi connectivity index (χ3n) is 3.00. The summed E-state index contributed by atoms with van der Waals surface area (Å²) in [5.74, 6) is -0.705. The van der Waals surface area contributed by atoms with E-state index in [1.165, 1.54) is 6.08 Å². The van der Waals surface area contributed by atoms with Gasteiger partial charge in [0.1, 0.15) is 0 Å². The van der Waals surface area contributed by atoms with Gasteiger partial charge in [0.05, 0.1) is 32.6 Å². The molecule has 0 spiro atoms. The number of rotatable bonds is 8. The first-order valence-corrected chi connectivity index (χ1v) is 10.1. The van der Waals surface area contributed by atoms with Crippen LogP contribution >= 0.6 is 42.4 Å². The Kier molecular flexibility index (Phi) is 8.88. The van der Waals surface area contributed by atoms with Gasteiger partial charge in [-0.3, -0.25) is 9.36 Å². The molecule has 0 N–H and O–H groups in total. The molecule has 0 aromatic rings. The maximum Gasteiger partial charge on any atom is 0.336 e. The summed E-state index contributed by atoms with van der Waals surface area (Å²) in [6, 6.07) is 0. The van der Waals surface area contributed by atoms with Crippen LogP contribution in [0.1, 0.15) is 13.8 Å². The zero-order chi connectivity index (χ0) is 17.5. The monoisotopic (exact) mass is 407 g/mol. The van der Waals surface area contributed by atoms with Crippen molar-refractivity contribution in [2.24, 2.45) is 0 Å². The third kappa shape index (κ3) is 7.30. The van der Waals surface area contributed by atoms with Crippen molar-refractivity contribution in [1.29, 1.82) is 0 Å². The Morgan fingerprint density at radius 3 is 2.17 bits per heavy atom. The number of ketones is 1. The first kappa shape index (κ1) is 21.2. The predicted octanol–water partition coefficient (Wildman–Crippen LogP) is 3.41. The summed E-state index contributed by atoms with van der Waals surface area (Å²) < 4.78 is 26.5. The fourth-order valence-electron chi connectivity index (χ4n) is 2.04. The van der Waals surface area contributed by atoms with Crippen LogP contribution < -0.4 is 0 Å². The molecule has 1 fully saturated rings. The minimum atomic E-state index is -3.38. The second-order valence-corrected chi connectivity index (χ2v) is 9.04.